The van der Waals surface area contributed by atoms with E-state index in [1.54, 1.807) is 6.20 Å². The third kappa shape index (κ3) is 2.85. The molecule has 0 radical (unpaired) electrons. The van der Waals surface area contributed by atoms with E-state index < -0.39 is 5.60 Å². The Morgan fingerprint density at radius 3 is 2.62 bits per heavy atom. The number of rotatable bonds is 5. The molecule has 0 saturated heterocycles. The van der Waals surface area contributed by atoms with Gasteiger partial charge in [0.2, 0.25) is 0 Å². The first kappa shape index (κ1) is 12.8. The maximum Gasteiger partial charge on any atom is 0.149 e. The van der Waals surface area contributed by atoms with Crippen LogP contribution in [0.1, 0.15) is 32.3 Å². The van der Waals surface area contributed by atoms with E-state index in [0.717, 1.165) is 5.56 Å². The van der Waals surface area contributed by atoms with E-state index in [2.05, 4.69) is 10.3 Å². The number of hydrogen-bond donors (Lipinski definition) is 3. The summed E-state index contributed by atoms with van der Waals surface area (Å²) in [6.45, 7) is 6.35. The molecule has 1 rings (SSSR count). The maximum atomic E-state index is 10.1. The van der Waals surface area contributed by atoms with Gasteiger partial charge in [-0.25, -0.2) is 4.98 Å². The molecule has 0 saturated carbocycles. The molecule has 0 bridgehead atoms. The highest BCUT2D eigenvalue weighted by molar-refractivity contribution is 5.64. The van der Waals surface area contributed by atoms with E-state index in [4.69, 9.17) is 5.73 Å². The minimum Gasteiger partial charge on any atom is -0.396 e. The molecule has 0 spiro atoms. The third-order valence-electron chi connectivity index (χ3n) is 3.11. The second kappa shape index (κ2) is 5.16. The van der Waals surface area contributed by atoms with Crippen LogP contribution in [0.15, 0.2) is 12.3 Å². The average molecular weight is 223 g/mol. The molecule has 0 aromatic carbocycles. The van der Waals surface area contributed by atoms with Crippen molar-refractivity contribution in [2.45, 2.75) is 39.2 Å². The topological polar surface area (TPSA) is 71.2 Å². The molecular formula is C12H21N3O. The molecule has 1 aromatic rings. The second-order valence-electron chi connectivity index (χ2n) is 4.18. The third-order valence-corrected chi connectivity index (χ3v) is 3.11. The van der Waals surface area contributed by atoms with Gasteiger partial charge in [0.25, 0.3) is 0 Å². The van der Waals surface area contributed by atoms with Crippen LogP contribution in [-0.2, 0) is 0 Å². The van der Waals surface area contributed by atoms with Gasteiger partial charge in [-0.05, 0) is 31.4 Å². The van der Waals surface area contributed by atoms with Crippen LogP contribution in [0.5, 0.6) is 0 Å². The highest BCUT2D eigenvalue weighted by Gasteiger charge is 2.22. The zero-order valence-corrected chi connectivity index (χ0v) is 10.2. The highest BCUT2D eigenvalue weighted by Crippen LogP contribution is 2.21. The lowest BCUT2D eigenvalue weighted by Crippen LogP contribution is -2.35. The molecule has 0 amide bonds. The van der Waals surface area contributed by atoms with E-state index in [1.165, 1.54) is 0 Å². The van der Waals surface area contributed by atoms with Crippen LogP contribution in [0.25, 0.3) is 0 Å². The van der Waals surface area contributed by atoms with Crippen LogP contribution >= 0.6 is 0 Å². The molecule has 0 aliphatic rings. The summed E-state index contributed by atoms with van der Waals surface area (Å²) in [7, 11) is 0. The van der Waals surface area contributed by atoms with E-state index in [9.17, 15) is 5.11 Å². The monoisotopic (exact) mass is 223 g/mol. The number of nitrogens with one attached hydrogen (secondary N) is 1. The van der Waals surface area contributed by atoms with E-state index >= 15 is 0 Å². The van der Waals surface area contributed by atoms with Gasteiger partial charge in [-0.2, -0.15) is 0 Å². The van der Waals surface area contributed by atoms with Gasteiger partial charge in [0.1, 0.15) is 5.82 Å². The van der Waals surface area contributed by atoms with Crippen molar-refractivity contribution < 1.29 is 5.11 Å². The molecule has 1 heterocycles. The highest BCUT2D eigenvalue weighted by atomic mass is 16.3. The van der Waals surface area contributed by atoms with Crippen molar-refractivity contribution in [3.8, 4) is 0 Å². The molecule has 4 heteroatoms. The molecule has 16 heavy (non-hydrogen) atoms. The summed E-state index contributed by atoms with van der Waals surface area (Å²) in [6, 6.07) is 1.87. The molecule has 90 valence electrons. The van der Waals surface area contributed by atoms with Crippen molar-refractivity contribution in [2.75, 3.05) is 17.6 Å². The van der Waals surface area contributed by atoms with E-state index in [0.29, 0.717) is 30.9 Å². The summed E-state index contributed by atoms with van der Waals surface area (Å²) >= 11 is 0. The Labute approximate surface area is 96.9 Å². The van der Waals surface area contributed by atoms with E-state index in [1.807, 2.05) is 26.8 Å². The first-order valence-electron chi connectivity index (χ1n) is 5.69. The molecule has 4 N–H and O–H groups in total. The summed E-state index contributed by atoms with van der Waals surface area (Å²) in [5.74, 6) is 0.653. The Hall–Kier alpha value is -1.29. The van der Waals surface area contributed by atoms with Crippen LogP contribution in [-0.4, -0.2) is 22.2 Å². The number of pyridine rings is 1. The SMILES string of the molecule is CCC(O)(CC)CNc1nccc(C)c1N. The van der Waals surface area contributed by atoms with Crippen LogP contribution in [0, 0.1) is 6.92 Å². The molecule has 0 aliphatic carbocycles. The average Bonchev–Trinajstić information content (AvgIpc) is 2.31. The molecule has 0 atom stereocenters. The fraction of sp³-hybridized carbons (Fsp3) is 0.583. The van der Waals surface area contributed by atoms with Crippen molar-refractivity contribution in [3.05, 3.63) is 17.8 Å². The zero-order chi connectivity index (χ0) is 12.2. The Morgan fingerprint density at radius 1 is 1.44 bits per heavy atom. The minimum absolute atomic E-state index is 0.473. The van der Waals surface area contributed by atoms with Gasteiger partial charge >= 0.3 is 0 Å². The summed E-state index contributed by atoms with van der Waals surface area (Å²) in [5.41, 5.74) is 6.85. The molecule has 1 aromatic heterocycles. The summed E-state index contributed by atoms with van der Waals surface area (Å²) < 4.78 is 0. The number of nitrogens with zero attached hydrogens (tertiary/aromatic N) is 1. The van der Waals surface area contributed by atoms with Gasteiger partial charge in [-0.3, -0.25) is 0 Å². The van der Waals surface area contributed by atoms with Crippen molar-refractivity contribution in [1.29, 1.82) is 0 Å². The van der Waals surface area contributed by atoms with Crippen molar-refractivity contribution >= 4 is 11.5 Å². The smallest absolute Gasteiger partial charge is 0.149 e. The molecule has 4 nitrogen and oxygen atoms in total. The van der Waals surface area contributed by atoms with Gasteiger partial charge in [-0.15, -0.1) is 0 Å². The fourth-order valence-electron chi connectivity index (χ4n) is 1.46. The van der Waals surface area contributed by atoms with Crippen molar-refractivity contribution in [3.63, 3.8) is 0 Å². The molecular weight excluding hydrogens is 202 g/mol. The van der Waals surface area contributed by atoms with Gasteiger partial charge in [-0.1, -0.05) is 13.8 Å². The lowest BCUT2D eigenvalue weighted by molar-refractivity contribution is 0.0456. The van der Waals surface area contributed by atoms with Crippen LogP contribution in [0.4, 0.5) is 11.5 Å². The summed E-state index contributed by atoms with van der Waals surface area (Å²) in [4.78, 5) is 4.16. The van der Waals surface area contributed by atoms with Gasteiger partial charge in [0, 0.05) is 12.7 Å². The first-order chi connectivity index (χ1) is 7.52. The Balaban J connectivity index is 2.71. The Kier molecular flexibility index (Phi) is 4.12. The molecule has 0 fully saturated rings. The van der Waals surface area contributed by atoms with Crippen LogP contribution in [0.3, 0.4) is 0 Å². The number of aromatic nitrogens is 1. The largest absolute Gasteiger partial charge is 0.396 e. The van der Waals surface area contributed by atoms with E-state index in [-0.39, 0.29) is 0 Å². The minimum atomic E-state index is -0.683. The number of nitrogens with two attached hydrogens (primary N) is 1. The van der Waals surface area contributed by atoms with Crippen LogP contribution in [0.2, 0.25) is 0 Å². The first-order valence-corrected chi connectivity index (χ1v) is 5.69. The predicted octanol–water partition coefficient (Wildman–Crippen LogP) is 1.94. The van der Waals surface area contributed by atoms with Crippen molar-refractivity contribution in [2.24, 2.45) is 0 Å². The Bertz CT molecular complexity index is 348. The number of hydrogen-bond acceptors (Lipinski definition) is 4. The maximum absolute atomic E-state index is 10.1. The standard InChI is InChI=1S/C12H21N3O/c1-4-12(16,5-2)8-15-11-10(13)9(3)6-7-14-11/h6-7,16H,4-5,8,13H2,1-3H3,(H,14,15). The summed E-state index contributed by atoms with van der Waals surface area (Å²) in [5, 5.41) is 13.2. The van der Waals surface area contributed by atoms with Gasteiger partial charge in [0.15, 0.2) is 0 Å². The zero-order valence-electron chi connectivity index (χ0n) is 10.2. The lowest BCUT2D eigenvalue weighted by atomic mass is 9.97. The summed E-state index contributed by atoms with van der Waals surface area (Å²) in [6.07, 6.45) is 3.13. The normalized spacial score (nSPS) is 11.5. The molecule has 0 unspecified atom stereocenters. The number of aliphatic hydroxyl groups is 1. The Morgan fingerprint density at radius 2 is 2.06 bits per heavy atom. The number of aryl methyl sites for hydroxylation is 1. The molecule has 0 aliphatic heterocycles. The number of nitrogen functional groups attached to an aromatic ring is 1. The predicted molar refractivity (Wildman–Crippen MR) is 67.4 cm³/mol. The number of anilines is 2. The van der Waals surface area contributed by atoms with Crippen LogP contribution < -0.4 is 11.1 Å². The second-order valence-corrected chi connectivity index (χ2v) is 4.18. The van der Waals surface area contributed by atoms with Gasteiger partial charge in [0.05, 0.1) is 11.3 Å². The lowest BCUT2D eigenvalue weighted by Gasteiger charge is -2.26. The fourth-order valence-corrected chi connectivity index (χ4v) is 1.46. The quantitative estimate of drug-likeness (QED) is 0.713. The van der Waals surface area contributed by atoms with Crippen molar-refractivity contribution in [1.82, 2.24) is 4.98 Å². The van der Waals surface area contributed by atoms with Gasteiger partial charge < -0.3 is 16.2 Å².